The maximum atomic E-state index is 5.63. The highest BCUT2D eigenvalue weighted by atomic mass is 32.1. The summed E-state index contributed by atoms with van der Waals surface area (Å²) in [5, 5.41) is 6.46. The minimum atomic E-state index is 0.269. The number of rotatable bonds is 4. The molecule has 0 aromatic carbocycles. The zero-order valence-corrected chi connectivity index (χ0v) is 13.6. The first-order valence-corrected chi connectivity index (χ1v) is 8.37. The second kappa shape index (κ2) is 6.15. The van der Waals surface area contributed by atoms with E-state index >= 15 is 0 Å². The van der Waals surface area contributed by atoms with E-state index in [4.69, 9.17) is 9.72 Å². The van der Waals surface area contributed by atoms with Gasteiger partial charge in [0.05, 0.1) is 11.5 Å². The third-order valence-electron chi connectivity index (χ3n) is 4.13. The van der Waals surface area contributed by atoms with Crippen molar-refractivity contribution in [2.75, 3.05) is 37.0 Å². The average Bonchev–Trinajstić information content (AvgIpc) is 2.96. The summed E-state index contributed by atoms with van der Waals surface area (Å²) in [4.78, 5) is 12.7. The van der Waals surface area contributed by atoms with Gasteiger partial charge >= 0.3 is 0 Å². The van der Waals surface area contributed by atoms with E-state index in [2.05, 4.69) is 40.5 Å². The number of anilines is 2. The number of thiophene rings is 1. The molecule has 3 heterocycles. The van der Waals surface area contributed by atoms with Gasteiger partial charge in [-0.1, -0.05) is 6.92 Å². The molecule has 1 aliphatic rings. The van der Waals surface area contributed by atoms with E-state index in [1.807, 2.05) is 0 Å². The van der Waals surface area contributed by atoms with Gasteiger partial charge in [-0.2, -0.15) is 4.98 Å². The number of nitrogens with zero attached hydrogens (tertiary/aromatic N) is 3. The SMILES string of the molecule is CCNc1nc(N2CCC(C)C(OC)C2)c2ccsc2n1. The fourth-order valence-electron chi connectivity index (χ4n) is 2.85. The molecule has 0 spiro atoms. The normalized spacial score (nSPS) is 22.7. The van der Waals surface area contributed by atoms with E-state index in [9.17, 15) is 0 Å². The van der Waals surface area contributed by atoms with Gasteiger partial charge in [-0.25, -0.2) is 4.98 Å². The van der Waals surface area contributed by atoms with Gasteiger partial charge in [0.25, 0.3) is 0 Å². The molecule has 3 rings (SSSR count). The van der Waals surface area contributed by atoms with E-state index in [1.54, 1.807) is 18.4 Å². The predicted octanol–water partition coefficient (Wildman–Crippen LogP) is 2.98. The lowest BCUT2D eigenvalue weighted by Gasteiger charge is -2.37. The van der Waals surface area contributed by atoms with Crippen LogP contribution in [0.15, 0.2) is 11.4 Å². The van der Waals surface area contributed by atoms with Crippen molar-refractivity contribution in [3.05, 3.63) is 11.4 Å². The van der Waals surface area contributed by atoms with Crippen LogP contribution in [0.2, 0.25) is 0 Å². The number of hydrogen-bond donors (Lipinski definition) is 1. The molecule has 2 unspecified atom stereocenters. The van der Waals surface area contributed by atoms with Crippen LogP contribution in [-0.2, 0) is 4.74 Å². The molecule has 2 atom stereocenters. The van der Waals surface area contributed by atoms with E-state index in [-0.39, 0.29) is 6.10 Å². The smallest absolute Gasteiger partial charge is 0.226 e. The molecule has 114 valence electrons. The quantitative estimate of drug-likeness (QED) is 0.941. The molecule has 1 N–H and O–H groups in total. The van der Waals surface area contributed by atoms with Crippen LogP contribution in [0, 0.1) is 5.92 Å². The second-order valence-electron chi connectivity index (χ2n) is 5.53. The van der Waals surface area contributed by atoms with Gasteiger partial charge in [-0.05, 0) is 30.7 Å². The number of hydrogen-bond acceptors (Lipinski definition) is 6. The second-order valence-corrected chi connectivity index (χ2v) is 6.42. The average molecular weight is 306 g/mol. The molecule has 0 aliphatic carbocycles. The zero-order valence-electron chi connectivity index (χ0n) is 12.8. The Hall–Kier alpha value is -1.40. The van der Waals surface area contributed by atoms with Crippen molar-refractivity contribution in [1.82, 2.24) is 9.97 Å². The van der Waals surface area contributed by atoms with E-state index < -0.39 is 0 Å². The number of methoxy groups -OCH3 is 1. The van der Waals surface area contributed by atoms with Crippen LogP contribution in [0.3, 0.4) is 0 Å². The molecular formula is C15H22N4OS. The Kier molecular flexibility index (Phi) is 4.26. The van der Waals surface area contributed by atoms with E-state index in [0.29, 0.717) is 5.92 Å². The summed E-state index contributed by atoms with van der Waals surface area (Å²) >= 11 is 1.66. The number of piperidine rings is 1. The summed E-state index contributed by atoms with van der Waals surface area (Å²) in [6.07, 6.45) is 1.40. The highest BCUT2D eigenvalue weighted by molar-refractivity contribution is 7.16. The minimum absolute atomic E-state index is 0.269. The molecule has 1 fully saturated rings. The third-order valence-corrected chi connectivity index (χ3v) is 4.94. The van der Waals surface area contributed by atoms with Crippen LogP contribution >= 0.6 is 11.3 Å². The molecule has 0 radical (unpaired) electrons. The van der Waals surface area contributed by atoms with Gasteiger partial charge < -0.3 is 15.0 Å². The Morgan fingerprint density at radius 1 is 1.48 bits per heavy atom. The maximum Gasteiger partial charge on any atom is 0.226 e. The van der Waals surface area contributed by atoms with Gasteiger partial charge in [0.15, 0.2) is 0 Å². The lowest BCUT2D eigenvalue weighted by molar-refractivity contribution is 0.0497. The lowest BCUT2D eigenvalue weighted by atomic mass is 9.96. The fourth-order valence-corrected chi connectivity index (χ4v) is 3.61. The number of aromatic nitrogens is 2. The Morgan fingerprint density at radius 3 is 3.10 bits per heavy atom. The topological polar surface area (TPSA) is 50.3 Å². The molecule has 2 aromatic heterocycles. The Morgan fingerprint density at radius 2 is 2.33 bits per heavy atom. The van der Waals surface area contributed by atoms with Crippen molar-refractivity contribution in [1.29, 1.82) is 0 Å². The molecule has 0 bridgehead atoms. The van der Waals surface area contributed by atoms with Gasteiger partial charge in [-0.3, -0.25) is 0 Å². The molecule has 2 aromatic rings. The van der Waals surface area contributed by atoms with Crippen molar-refractivity contribution in [3.63, 3.8) is 0 Å². The maximum absolute atomic E-state index is 5.63. The lowest BCUT2D eigenvalue weighted by Crippen LogP contribution is -2.44. The molecule has 5 nitrogen and oxygen atoms in total. The van der Waals surface area contributed by atoms with Gasteiger partial charge in [0, 0.05) is 26.7 Å². The molecule has 0 amide bonds. The Balaban J connectivity index is 1.96. The fraction of sp³-hybridized carbons (Fsp3) is 0.600. The Labute approximate surface area is 129 Å². The third kappa shape index (κ3) is 2.82. The van der Waals surface area contributed by atoms with Crippen molar-refractivity contribution < 1.29 is 4.74 Å². The summed E-state index contributed by atoms with van der Waals surface area (Å²) in [7, 11) is 1.80. The Bertz CT molecular complexity index is 615. The van der Waals surface area contributed by atoms with Crippen LogP contribution in [0.1, 0.15) is 20.3 Å². The molecule has 1 aliphatic heterocycles. The van der Waals surface area contributed by atoms with Crippen LogP contribution in [-0.4, -0.2) is 42.8 Å². The summed E-state index contributed by atoms with van der Waals surface area (Å²) in [5.41, 5.74) is 0. The van der Waals surface area contributed by atoms with Crippen molar-refractivity contribution in [2.45, 2.75) is 26.4 Å². The highest BCUT2D eigenvalue weighted by Crippen LogP contribution is 2.32. The summed E-state index contributed by atoms with van der Waals surface area (Å²) in [6, 6.07) is 2.12. The first kappa shape index (κ1) is 14.5. The van der Waals surface area contributed by atoms with Crippen molar-refractivity contribution >= 4 is 33.3 Å². The minimum Gasteiger partial charge on any atom is -0.379 e. The zero-order chi connectivity index (χ0) is 14.8. The summed E-state index contributed by atoms with van der Waals surface area (Å²) < 4.78 is 5.63. The molecule has 6 heteroatoms. The molecule has 21 heavy (non-hydrogen) atoms. The molecule has 1 saturated heterocycles. The first-order chi connectivity index (χ1) is 10.2. The number of ether oxygens (including phenoxy) is 1. The van der Waals surface area contributed by atoms with E-state index in [1.165, 1.54) is 0 Å². The van der Waals surface area contributed by atoms with Gasteiger partial charge in [0.2, 0.25) is 5.95 Å². The number of nitrogens with one attached hydrogen (secondary N) is 1. The van der Waals surface area contributed by atoms with Crippen LogP contribution < -0.4 is 10.2 Å². The van der Waals surface area contributed by atoms with Crippen molar-refractivity contribution in [3.8, 4) is 0 Å². The van der Waals surface area contributed by atoms with E-state index in [0.717, 1.165) is 48.0 Å². The standard InChI is InChI=1S/C15H22N4OS/c1-4-16-15-17-13(11-6-8-21-14(11)18-15)19-7-5-10(2)12(9-19)20-3/h6,8,10,12H,4-5,7,9H2,1-3H3,(H,16,17,18). The van der Waals surface area contributed by atoms with Crippen molar-refractivity contribution in [2.24, 2.45) is 5.92 Å². The van der Waals surface area contributed by atoms with Crippen LogP contribution in [0.4, 0.5) is 11.8 Å². The highest BCUT2D eigenvalue weighted by Gasteiger charge is 2.28. The van der Waals surface area contributed by atoms with Gasteiger partial charge in [-0.15, -0.1) is 11.3 Å². The van der Waals surface area contributed by atoms with Crippen LogP contribution in [0.5, 0.6) is 0 Å². The van der Waals surface area contributed by atoms with Gasteiger partial charge in [0.1, 0.15) is 10.6 Å². The van der Waals surface area contributed by atoms with Crippen LogP contribution in [0.25, 0.3) is 10.2 Å². The molecule has 0 saturated carbocycles. The monoisotopic (exact) mass is 306 g/mol. The largest absolute Gasteiger partial charge is 0.379 e. The summed E-state index contributed by atoms with van der Waals surface area (Å²) in [6.45, 7) is 7.06. The first-order valence-electron chi connectivity index (χ1n) is 7.49. The summed E-state index contributed by atoms with van der Waals surface area (Å²) in [5.74, 6) is 2.35. The molecular weight excluding hydrogens is 284 g/mol. The predicted molar refractivity (Wildman–Crippen MR) is 88.4 cm³/mol. The number of fused-ring (bicyclic) bond motifs is 1.